The molecule has 0 saturated carbocycles. The summed E-state index contributed by atoms with van der Waals surface area (Å²) in [6, 6.07) is 16.0. The van der Waals surface area contributed by atoms with Gasteiger partial charge in [0.1, 0.15) is 5.82 Å². The normalized spacial score (nSPS) is 24.6. The van der Waals surface area contributed by atoms with Crippen molar-refractivity contribution in [3.05, 3.63) is 71.0 Å². The summed E-state index contributed by atoms with van der Waals surface area (Å²) in [5, 5.41) is 0. The molecule has 2 aromatic rings. The molecular formula is C19H20FN. The zero-order chi connectivity index (χ0) is 14.2. The van der Waals surface area contributed by atoms with Gasteiger partial charge in [-0.1, -0.05) is 36.4 Å². The number of nitrogens with zero attached hydrogens (tertiary/aromatic N) is 1. The van der Waals surface area contributed by atoms with Crippen molar-refractivity contribution in [1.82, 2.24) is 4.90 Å². The first-order valence-corrected chi connectivity index (χ1v) is 7.82. The van der Waals surface area contributed by atoms with Gasteiger partial charge in [0.2, 0.25) is 0 Å². The van der Waals surface area contributed by atoms with Gasteiger partial charge in [-0.25, -0.2) is 4.39 Å². The Morgan fingerprint density at radius 1 is 1.05 bits per heavy atom. The summed E-state index contributed by atoms with van der Waals surface area (Å²) in [7, 11) is 0. The molecule has 0 radical (unpaired) electrons. The van der Waals surface area contributed by atoms with E-state index in [0.29, 0.717) is 5.92 Å². The fraction of sp³-hybridized carbons (Fsp3) is 0.368. The van der Waals surface area contributed by atoms with Crippen LogP contribution in [0.1, 0.15) is 29.0 Å². The monoisotopic (exact) mass is 281 g/mol. The Morgan fingerprint density at radius 2 is 1.90 bits per heavy atom. The number of likely N-dealkylation sites (tertiary alicyclic amines) is 1. The Bertz CT molecular complexity index is 637. The molecule has 1 aliphatic carbocycles. The molecule has 4 rings (SSSR count). The Balaban J connectivity index is 1.56. The molecule has 1 fully saturated rings. The van der Waals surface area contributed by atoms with Crippen molar-refractivity contribution in [2.75, 3.05) is 13.1 Å². The van der Waals surface area contributed by atoms with Gasteiger partial charge in [0.15, 0.2) is 0 Å². The summed E-state index contributed by atoms with van der Waals surface area (Å²) in [6.07, 6.45) is 2.33. The average molecular weight is 281 g/mol. The number of piperidine rings is 1. The highest BCUT2D eigenvalue weighted by molar-refractivity contribution is 5.35. The van der Waals surface area contributed by atoms with Crippen molar-refractivity contribution in [3.63, 3.8) is 0 Å². The van der Waals surface area contributed by atoms with E-state index in [9.17, 15) is 4.39 Å². The van der Waals surface area contributed by atoms with Crippen molar-refractivity contribution in [2.24, 2.45) is 5.92 Å². The second kappa shape index (κ2) is 5.27. The average Bonchev–Trinajstić information content (AvgIpc) is 2.49. The van der Waals surface area contributed by atoms with E-state index < -0.39 is 0 Å². The van der Waals surface area contributed by atoms with E-state index in [4.69, 9.17) is 0 Å². The number of benzene rings is 2. The van der Waals surface area contributed by atoms with Crippen LogP contribution in [0.25, 0.3) is 0 Å². The van der Waals surface area contributed by atoms with Crippen LogP contribution in [0.15, 0.2) is 48.5 Å². The lowest BCUT2D eigenvalue weighted by atomic mass is 9.74. The molecule has 0 amide bonds. The van der Waals surface area contributed by atoms with Gasteiger partial charge in [-0.05, 0) is 53.5 Å². The van der Waals surface area contributed by atoms with Crippen LogP contribution >= 0.6 is 0 Å². The molecule has 2 bridgehead atoms. The Morgan fingerprint density at radius 3 is 2.76 bits per heavy atom. The van der Waals surface area contributed by atoms with Gasteiger partial charge in [0, 0.05) is 19.6 Å². The third-order valence-corrected chi connectivity index (χ3v) is 4.92. The van der Waals surface area contributed by atoms with E-state index in [2.05, 4.69) is 35.2 Å². The van der Waals surface area contributed by atoms with E-state index in [0.717, 1.165) is 25.4 Å². The van der Waals surface area contributed by atoms with Crippen LogP contribution in [-0.2, 0) is 13.0 Å². The van der Waals surface area contributed by atoms with E-state index in [-0.39, 0.29) is 5.82 Å². The van der Waals surface area contributed by atoms with Crippen LogP contribution in [-0.4, -0.2) is 18.0 Å². The number of halogens is 1. The molecule has 1 saturated heterocycles. The SMILES string of the molecule is Fc1ccc2c(c1)C1CC(C2)CN(Cc2ccccc2)C1. The van der Waals surface area contributed by atoms with Gasteiger partial charge in [-0.15, -0.1) is 0 Å². The van der Waals surface area contributed by atoms with Crippen molar-refractivity contribution >= 4 is 0 Å². The summed E-state index contributed by atoms with van der Waals surface area (Å²) >= 11 is 0. The molecule has 2 heteroatoms. The Hall–Kier alpha value is -1.67. The molecule has 0 N–H and O–H groups in total. The summed E-state index contributed by atoms with van der Waals surface area (Å²) in [4.78, 5) is 2.54. The van der Waals surface area contributed by atoms with E-state index in [1.807, 2.05) is 6.07 Å². The fourth-order valence-electron chi connectivity index (χ4n) is 4.09. The van der Waals surface area contributed by atoms with Crippen LogP contribution in [0.5, 0.6) is 0 Å². The maximum absolute atomic E-state index is 13.5. The van der Waals surface area contributed by atoms with Crippen LogP contribution < -0.4 is 0 Å². The summed E-state index contributed by atoms with van der Waals surface area (Å²) in [6.45, 7) is 3.24. The van der Waals surface area contributed by atoms with E-state index in [1.165, 1.54) is 29.7 Å². The number of hydrogen-bond acceptors (Lipinski definition) is 1. The maximum atomic E-state index is 13.5. The quantitative estimate of drug-likeness (QED) is 0.804. The third-order valence-electron chi connectivity index (χ3n) is 4.92. The molecule has 2 aliphatic rings. The number of fused-ring (bicyclic) bond motifs is 4. The van der Waals surface area contributed by atoms with Crippen molar-refractivity contribution < 1.29 is 4.39 Å². The molecular weight excluding hydrogens is 261 g/mol. The number of hydrogen-bond donors (Lipinski definition) is 0. The lowest BCUT2D eigenvalue weighted by Crippen LogP contribution is -2.42. The second-order valence-electron chi connectivity index (χ2n) is 6.53. The summed E-state index contributed by atoms with van der Waals surface area (Å²) < 4.78 is 13.5. The maximum Gasteiger partial charge on any atom is 0.123 e. The smallest absolute Gasteiger partial charge is 0.123 e. The molecule has 2 atom stereocenters. The summed E-state index contributed by atoms with van der Waals surface area (Å²) in [5.74, 6) is 1.14. The topological polar surface area (TPSA) is 3.24 Å². The minimum atomic E-state index is -0.0904. The minimum Gasteiger partial charge on any atom is -0.298 e. The molecule has 1 nitrogen and oxygen atoms in total. The minimum absolute atomic E-state index is 0.0904. The fourth-order valence-corrected chi connectivity index (χ4v) is 4.09. The Labute approximate surface area is 125 Å². The summed E-state index contributed by atoms with van der Waals surface area (Å²) in [5.41, 5.74) is 4.00. The molecule has 21 heavy (non-hydrogen) atoms. The van der Waals surface area contributed by atoms with Gasteiger partial charge in [0.25, 0.3) is 0 Å². The second-order valence-corrected chi connectivity index (χ2v) is 6.53. The lowest BCUT2D eigenvalue weighted by molar-refractivity contribution is 0.138. The predicted molar refractivity (Wildman–Crippen MR) is 82.7 cm³/mol. The third kappa shape index (κ3) is 2.60. The highest BCUT2D eigenvalue weighted by Gasteiger charge is 2.33. The zero-order valence-corrected chi connectivity index (χ0v) is 12.1. The zero-order valence-electron chi connectivity index (χ0n) is 12.1. The van der Waals surface area contributed by atoms with Crippen LogP contribution in [0.2, 0.25) is 0 Å². The van der Waals surface area contributed by atoms with Gasteiger partial charge in [-0.2, -0.15) is 0 Å². The van der Waals surface area contributed by atoms with Gasteiger partial charge in [-0.3, -0.25) is 4.90 Å². The van der Waals surface area contributed by atoms with E-state index in [1.54, 1.807) is 12.1 Å². The Kier molecular flexibility index (Phi) is 3.27. The molecule has 2 aromatic carbocycles. The van der Waals surface area contributed by atoms with Crippen molar-refractivity contribution in [3.8, 4) is 0 Å². The first kappa shape index (κ1) is 13.0. The van der Waals surface area contributed by atoms with Crippen LogP contribution in [0.4, 0.5) is 4.39 Å². The van der Waals surface area contributed by atoms with Crippen molar-refractivity contribution in [2.45, 2.75) is 25.3 Å². The molecule has 108 valence electrons. The molecule has 1 aliphatic heterocycles. The van der Waals surface area contributed by atoms with Crippen LogP contribution in [0, 0.1) is 11.7 Å². The molecule has 1 heterocycles. The van der Waals surface area contributed by atoms with Gasteiger partial charge < -0.3 is 0 Å². The molecule has 0 aromatic heterocycles. The van der Waals surface area contributed by atoms with Crippen molar-refractivity contribution in [1.29, 1.82) is 0 Å². The predicted octanol–water partition coefficient (Wildman–Crippen LogP) is 3.99. The first-order valence-electron chi connectivity index (χ1n) is 7.82. The molecule has 2 unspecified atom stereocenters. The highest BCUT2D eigenvalue weighted by Crippen LogP contribution is 2.39. The lowest BCUT2D eigenvalue weighted by Gasteiger charge is -2.42. The highest BCUT2D eigenvalue weighted by atomic mass is 19.1. The standard InChI is InChI=1S/C19H20FN/c20-18-7-6-16-8-15-9-17(19(16)10-18)13-21(12-15)11-14-4-2-1-3-5-14/h1-7,10,15,17H,8-9,11-13H2. The number of rotatable bonds is 2. The largest absolute Gasteiger partial charge is 0.298 e. The van der Waals surface area contributed by atoms with Crippen LogP contribution in [0.3, 0.4) is 0 Å². The van der Waals surface area contributed by atoms with E-state index >= 15 is 0 Å². The molecule has 0 spiro atoms. The van der Waals surface area contributed by atoms with Gasteiger partial charge >= 0.3 is 0 Å². The van der Waals surface area contributed by atoms with Gasteiger partial charge in [0.05, 0.1) is 0 Å². The first-order chi connectivity index (χ1) is 10.3.